The summed E-state index contributed by atoms with van der Waals surface area (Å²) >= 11 is 0. The normalized spacial score (nSPS) is 10.9. The second kappa shape index (κ2) is 9.96. The Hall–Kier alpha value is -3.02. The number of carbonyl (C=O) groups excluding carboxylic acids is 2. The first-order valence-corrected chi connectivity index (χ1v) is 9.63. The molecular weight excluding hydrogens is 368 g/mol. The molecule has 2 N–H and O–H groups in total. The lowest BCUT2D eigenvalue weighted by molar-refractivity contribution is -0.123. The van der Waals surface area contributed by atoms with Crippen molar-refractivity contribution in [3.05, 3.63) is 59.2 Å². The minimum absolute atomic E-state index is 0.0734. The van der Waals surface area contributed by atoms with Crippen LogP contribution in [0.5, 0.6) is 11.5 Å². The smallest absolute Gasteiger partial charge is 0.258 e. The predicted octanol–water partition coefficient (Wildman–Crippen LogP) is 3.23. The van der Waals surface area contributed by atoms with Crippen LogP contribution in [0.15, 0.2) is 42.5 Å². The van der Waals surface area contributed by atoms with Gasteiger partial charge in [0.25, 0.3) is 11.8 Å². The number of nitrogens with one attached hydrogen (secondary N) is 2. The maximum absolute atomic E-state index is 12.1. The van der Waals surface area contributed by atoms with Crippen LogP contribution >= 0.6 is 0 Å². The van der Waals surface area contributed by atoms with Crippen LogP contribution in [-0.2, 0) is 10.2 Å². The molecule has 156 valence electrons. The highest BCUT2D eigenvalue weighted by Crippen LogP contribution is 2.32. The molecule has 0 radical (unpaired) electrons. The van der Waals surface area contributed by atoms with E-state index in [1.54, 1.807) is 31.4 Å². The fraction of sp³-hybridized carbons (Fsp3) is 0.391. The maximum atomic E-state index is 12.1. The third-order valence-electron chi connectivity index (χ3n) is 4.37. The summed E-state index contributed by atoms with van der Waals surface area (Å²) in [7, 11) is 1.55. The van der Waals surface area contributed by atoms with Crippen molar-refractivity contribution >= 4 is 11.8 Å². The summed E-state index contributed by atoms with van der Waals surface area (Å²) in [6.07, 6.45) is 0. The van der Waals surface area contributed by atoms with Crippen molar-refractivity contribution in [3.63, 3.8) is 0 Å². The van der Waals surface area contributed by atoms with E-state index in [1.165, 1.54) is 0 Å². The van der Waals surface area contributed by atoms with Gasteiger partial charge in [0.15, 0.2) is 6.61 Å². The van der Waals surface area contributed by atoms with E-state index >= 15 is 0 Å². The molecule has 0 heterocycles. The van der Waals surface area contributed by atoms with Crippen molar-refractivity contribution in [3.8, 4) is 11.5 Å². The molecule has 0 spiro atoms. The van der Waals surface area contributed by atoms with Gasteiger partial charge < -0.3 is 20.1 Å². The fourth-order valence-corrected chi connectivity index (χ4v) is 2.79. The molecule has 0 aliphatic rings. The van der Waals surface area contributed by atoms with Crippen molar-refractivity contribution in [2.24, 2.45) is 0 Å². The molecule has 0 atom stereocenters. The number of ether oxygens (including phenoxy) is 2. The predicted molar refractivity (Wildman–Crippen MR) is 114 cm³/mol. The van der Waals surface area contributed by atoms with Crippen molar-refractivity contribution in [2.45, 2.75) is 33.1 Å². The van der Waals surface area contributed by atoms with Gasteiger partial charge in [-0.15, -0.1) is 0 Å². The van der Waals surface area contributed by atoms with Gasteiger partial charge in [-0.2, -0.15) is 0 Å². The van der Waals surface area contributed by atoms with E-state index in [1.807, 2.05) is 19.1 Å². The minimum atomic E-state index is -0.235. The number of hydrogen-bond acceptors (Lipinski definition) is 4. The molecule has 2 amide bonds. The van der Waals surface area contributed by atoms with E-state index in [2.05, 4.69) is 37.5 Å². The molecule has 0 saturated heterocycles. The van der Waals surface area contributed by atoms with Crippen LogP contribution in [0.25, 0.3) is 0 Å². The van der Waals surface area contributed by atoms with E-state index in [0.717, 1.165) is 11.1 Å². The first-order chi connectivity index (χ1) is 13.7. The maximum Gasteiger partial charge on any atom is 0.258 e. The van der Waals surface area contributed by atoms with Gasteiger partial charge in [0.05, 0.1) is 7.11 Å². The van der Waals surface area contributed by atoms with E-state index in [0.29, 0.717) is 30.2 Å². The van der Waals surface area contributed by atoms with Crippen LogP contribution < -0.4 is 20.1 Å². The summed E-state index contributed by atoms with van der Waals surface area (Å²) in [6.45, 7) is 8.93. The van der Waals surface area contributed by atoms with Gasteiger partial charge in [0.1, 0.15) is 11.5 Å². The van der Waals surface area contributed by atoms with Crippen LogP contribution in [0, 0.1) is 6.92 Å². The van der Waals surface area contributed by atoms with Crippen molar-refractivity contribution < 1.29 is 19.1 Å². The summed E-state index contributed by atoms with van der Waals surface area (Å²) in [5.74, 6) is 0.878. The first-order valence-electron chi connectivity index (χ1n) is 9.63. The summed E-state index contributed by atoms with van der Waals surface area (Å²) < 4.78 is 10.9. The highest BCUT2D eigenvalue weighted by molar-refractivity contribution is 5.94. The molecular formula is C23H30N2O4. The number of rotatable bonds is 8. The molecule has 0 saturated carbocycles. The lowest BCUT2D eigenvalue weighted by Crippen LogP contribution is -2.36. The van der Waals surface area contributed by atoms with E-state index < -0.39 is 0 Å². The van der Waals surface area contributed by atoms with Crippen LogP contribution in [0.3, 0.4) is 0 Å². The highest BCUT2D eigenvalue weighted by Gasteiger charge is 2.19. The Bertz CT molecular complexity index is 856. The molecule has 29 heavy (non-hydrogen) atoms. The highest BCUT2D eigenvalue weighted by atomic mass is 16.5. The molecule has 2 aromatic rings. The molecule has 0 fully saturated rings. The average molecular weight is 399 g/mol. The second-order valence-electron chi connectivity index (χ2n) is 7.88. The molecule has 2 rings (SSSR count). The van der Waals surface area contributed by atoms with Crippen molar-refractivity contribution in [1.29, 1.82) is 0 Å². The van der Waals surface area contributed by atoms with Gasteiger partial charge in [0, 0.05) is 18.7 Å². The van der Waals surface area contributed by atoms with Crippen LogP contribution in [0.1, 0.15) is 42.3 Å². The summed E-state index contributed by atoms with van der Waals surface area (Å²) in [6, 6.07) is 12.9. The van der Waals surface area contributed by atoms with E-state index in [-0.39, 0.29) is 23.8 Å². The Morgan fingerprint density at radius 2 is 1.72 bits per heavy atom. The third kappa shape index (κ3) is 6.82. The number of benzene rings is 2. The second-order valence-corrected chi connectivity index (χ2v) is 7.88. The Morgan fingerprint density at radius 1 is 1.00 bits per heavy atom. The minimum Gasteiger partial charge on any atom is -0.497 e. The Morgan fingerprint density at radius 3 is 2.41 bits per heavy atom. The zero-order valence-electron chi connectivity index (χ0n) is 17.8. The van der Waals surface area contributed by atoms with Gasteiger partial charge in [-0.05, 0) is 42.2 Å². The standard InChI is InChI=1S/C23H30N2O4/c1-16-9-10-20(19(13-16)23(2,3)4)29-15-21(26)24-11-12-25-22(27)17-7-6-8-18(14-17)28-5/h6-10,13-14H,11-12,15H2,1-5H3,(H,24,26)(H,25,27). The summed E-state index contributed by atoms with van der Waals surface area (Å²) in [5.41, 5.74) is 2.64. The molecule has 0 bridgehead atoms. The number of aryl methyl sites for hydroxylation is 1. The average Bonchev–Trinajstić information content (AvgIpc) is 2.69. The zero-order chi connectivity index (χ0) is 21.4. The fourth-order valence-electron chi connectivity index (χ4n) is 2.79. The quantitative estimate of drug-likeness (QED) is 0.670. The SMILES string of the molecule is COc1cccc(C(=O)NCCNC(=O)COc2ccc(C)cc2C(C)(C)C)c1. The summed E-state index contributed by atoms with van der Waals surface area (Å²) in [5, 5.41) is 5.51. The number of methoxy groups -OCH3 is 1. The lowest BCUT2D eigenvalue weighted by atomic mass is 9.85. The van der Waals surface area contributed by atoms with Crippen LogP contribution in [0.2, 0.25) is 0 Å². The number of hydrogen-bond donors (Lipinski definition) is 2. The largest absolute Gasteiger partial charge is 0.497 e. The van der Waals surface area contributed by atoms with Gasteiger partial charge in [-0.25, -0.2) is 0 Å². The monoisotopic (exact) mass is 398 g/mol. The Kier molecular flexibility index (Phi) is 7.65. The molecule has 0 aliphatic carbocycles. The number of carbonyl (C=O) groups is 2. The van der Waals surface area contributed by atoms with Crippen molar-refractivity contribution in [2.75, 3.05) is 26.8 Å². The number of amides is 2. The first kappa shape index (κ1) is 22.3. The molecule has 6 heteroatoms. The topological polar surface area (TPSA) is 76.7 Å². The molecule has 0 aliphatic heterocycles. The van der Waals surface area contributed by atoms with E-state index in [4.69, 9.17) is 9.47 Å². The van der Waals surface area contributed by atoms with Crippen LogP contribution in [0.4, 0.5) is 0 Å². The Labute approximate surface area is 172 Å². The van der Waals surface area contributed by atoms with Gasteiger partial charge in [-0.1, -0.05) is 44.5 Å². The van der Waals surface area contributed by atoms with E-state index in [9.17, 15) is 9.59 Å². The molecule has 6 nitrogen and oxygen atoms in total. The molecule has 0 aromatic heterocycles. The van der Waals surface area contributed by atoms with Gasteiger partial charge >= 0.3 is 0 Å². The van der Waals surface area contributed by atoms with Gasteiger partial charge in [-0.3, -0.25) is 9.59 Å². The van der Waals surface area contributed by atoms with Crippen LogP contribution in [-0.4, -0.2) is 38.6 Å². The summed E-state index contributed by atoms with van der Waals surface area (Å²) in [4.78, 5) is 24.2. The third-order valence-corrected chi connectivity index (χ3v) is 4.37. The lowest BCUT2D eigenvalue weighted by Gasteiger charge is -2.23. The van der Waals surface area contributed by atoms with Crippen molar-refractivity contribution in [1.82, 2.24) is 10.6 Å². The van der Waals surface area contributed by atoms with Gasteiger partial charge in [0.2, 0.25) is 0 Å². The molecule has 2 aromatic carbocycles. The Balaban J connectivity index is 1.77. The molecule has 0 unspecified atom stereocenters. The zero-order valence-corrected chi connectivity index (χ0v) is 17.8.